The van der Waals surface area contributed by atoms with Crippen LogP contribution in [-0.4, -0.2) is 48.2 Å². The van der Waals surface area contributed by atoms with Gasteiger partial charge < -0.3 is 15.3 Å². The van der Waals surface area contributed by atoms with E-state index < -0.39 is 0 Å². The average molecular weight is 226 g/mol. The minimum absolute atomic E-state index is 0.0905. The normalized spacial score (nSPS) is 22.8. The fourth-order valence-electron chi connectivity index (χ4n) is 2.58. The number of amides is 1. The van der Waals surface area contributed by atoms with Gasteiger partial charge in [-0.2, -0.15) is 0 Å². The molecule has 1 aliphatic carbocycles. The Morgan fingerprint density at radius 1 is 1.25 bits per heavy atom. The third-order valence-electron chi connectivity index (χ3n) is 3.83. The standard InChI is InChI=1S/C12H22N2O2/c15-9-8-14(11-2-1-3-11)12(16)10-4-6-13-7-5-10/h10-11,13,15H,1-9H2. The van der Waals surface area contributed by atoms with E-state index in [1.807, 2.05) is 4.90 Å². The van der Waals surface area contributed by atoms with Crippen molar-refractivity contribution in [2.75, 3.05) is 26.2 Å². The van der Waals surface area contributed by atoms with E-state index in [4.69, 9.17) is 5.11 Å². The molecule has 0 unspecified atom stereocenters. The molecule has 4 heteroatoms. The van der Waals surface area contributed by atoms with E-state index in [-0.39, 0.29) is 18.4 Å². The van der Waals surface area contributed by atoms with Crippen molar-refractivity contribution in [2.45, 2.75) is 38.1 Å². The first-order chi connectivity index (χ1) is 7.83. The molecule has 0 radical (unpaired) electrons. The Hall–Kier alpha value is -0.610. The van der Waals surface area contributed by atoms with E-state index in [1.165, 1.54) is 6.42 Å². The zero-order valence-electron chi connectivity index (χ0n) is 9.82. The third kappa shape index (κ3) is 2.55. The number of piperidine rings is 1. The Morgan fingerprint density at radius 3 is 2.44 bits per heavy atom. The van der Waals surface area contributed by atoms with Crippen LogP contribution < -0.4 is 5.32 Å². The first-order valence-corrected chi connectivity index (χ1v) is 6.45. The second kappa shape index (κ2) is 5.64. The van der Waals surface area contributed by atoms with E-state index in [1.54, 1.807) is 0 Å². The Morgan fingerprint density at radius 2 is 1.94 bits per heavy atom. The zero-order chi connectivity index (χ0) is 11.4. The molecule has 1 saturated carbocycles. The quantitative estimate of drug-likeness (QED) is 0.728. The highest BCUT2D eigenvalue weighted by molar-refractivity contribution is 5.79. The lowest BCUT2D eigenvalue weighted by Gasteiger charge is -2.39. The van der Waals surface area contributed by atoms with Gasteiger partial charge in [0.1, 0.15) is 0 Å². The lowest BCUT2D eigenvalue weighted by Crippen LogP contribution is -2.49. The molecule has 2 fully saturated rings. The summed E-state index contributed by atoms with van der Waals surface area (Å²) >= 11 is 0. The molecular weight excluding hydrogens is 204 g/mol. The highest BCUT2D eigenvalue weighted by atomic mass is 16.3. The Kier molecular flexibility index (Phi) is 4.18. The molecule has 2 rings (SSSR count). The molecule has 0 aromatic rings. The smallest absolute Gasteiger partial charge is 0.226 e. The van der Waals surface area contributed by atoms with Gasteiger partial charge in [-0.3, -0.25) is 4.79 Å². The maximum absolute atomic E-state index is 12.3. The molecule has 92 valence electrons. The molecule has 16 heavy (non-hydrogen) atoms. The van der Waals surface area contributed by atoms with Crippen LogP contribution in [0.2, 0.25) is 0 Å². The van der Waals surface area contributed by atoms with Crippen molar-refractivity contribution >= 4 is 5.91 Å². The number of aliphatic hydroxyl groups is 1. The van der Waals surface area contributed by atoms with Crippen molar-refractivity contribution < 1.29 is 9.90 Å². The van der Waals surface area contributed by atoms with Crippen LogP contribution in [0, 0.1) is 5.92 Å². The van der Waals surface area contributed by atoms with Gasteiger partial charge >= 0.3 is 0 Å². The van der Waals surface area contributed by atoms with Crippen LogP contribution in [0.4, 0.5) is 0 Å². The lowest BCUT2D eigenvalue weighted by atomic mass is 9.89. The Bertz CT molecular complexity index is 235. The van der Waals surface area contributed by atoms with Crippen molar-refractivity contribution in [1.82, 2.24) is 10.2 Å². The van der Waals surface area contributed by atoms with Gasteiger partial charge in [-0.1, -0.05) is 0 Å². The largest absolute Gasteiger partial charge is 0.395 e. The fourth-order valence-corrected chi connectivity index (χ4v) is 2.58. The van der Waals surface area contributed by atoms with Gasteiger partial charge in [0.25, 0.3) is 0 Å². The van der Waals surface area contributed by atoms with E-state index >= 15 is 0 Å². The molecule has 1 heterocycles. The van der Waals surface area contributed by atoms with Gasteiger partial charge in [0.2, 0.25) is 5.91 Å². The number of carbonyl (C=O) groups excluding carboxylic acids is 1. The number of hydrogen-bond acceptors (Lipinski definition) is 3. The van der Waals surface area contributed by atoms with E-state index in [2.05, 4.69) is 5.32 Å². The molecule has 1 amide bonds. The predicted octanol–water partition coefficient (Wildman–Crippen LogP) is 0.359. The van der Waals surface area contributed by atoms with Crippen LogP contribution >= 0.6 is 0 Å². The molecule has 0 spiro atoms. The van der Waals surface area contributed by atoms with Gasteiger partial charge in [-0.05, 0) is 45.2 Å². The fraction of sp³-hybridized carbons (Fsp3) is 0.917. The number of carbonyl (C=O) groups is 1. The van der Waals surface area contributed by atoms with Crippen molar-refractivity contribution in [3.05, 3.63) is 0 Å². The summed E-state index contributed by atoms with van der Waals surface area (Å²) in [7, 11) is 0. The molecule has 0 aromatic carbocycles. The minimum Gasteiger partial charge on any atom is -0.395 e. The molecule has 0 atom stereocenters. The van der Waals surface area contributed by atoms with E-state index in [9.17, 15) is 4.79 Å². The predicted molar refractivity (Wildman–Crippen MR) is 62.0 cm³/mol. The molecule has 0 bridgehead atoms. The van der Waals surface area contributed by atoms with Crippen LogP contribution in [0.15, 0.2) is 0 Å². The molecule has 2 aliphatic rings. The summed E-state index contributed by atoms with van der Waals surface area (Å²) < 4.78 is 0. The minimum atomic E-state index is 0.0905. The SMILES string of the molecule is O=C(C1CCNCC1)N(CCO)C1CCC1. The zero-order valence-corrected chi connectivity index (χ0v) is 9.82. The topological polar surface area (TPSA) is 52.6 Å². The first kappa shape index (κ1) is 11.9. The van der Waals surface area contributed by atoms with Gasteiger partial charge in [-0.15, -0.1) is 0 Å². The third-order valence-corrected chi connectivity index (χ3v) is 3.83. The van der Waals surface area contributed by atoms with Crippen LogP contribution in [0.5, 0.6) is 0 Å². The molecule has 0 aromatic heterocycles. The summed E-state index contributed by atoms with van der Waals surface area (Å²) in [6, 6.07) is 0.412. The summed E-state index contributed by atoms with van der Waals surface area (Å²) in [6.45, 7) is 2.52. The second-order valence-electron chi connectivity index (χ2n) is 4.86. The molecule has 1 aliphatic heterocycles. The Labute approximate surface area is 97.0 Å². The van der Waals surface area contributed by atoms with Crippen molar-refractivity contribution in [1.29, 1.82) is 0 Å². The van der Waals surface area contributed by atoms with Gasteiger partial charge in [-0.25, -0.2) is 0 Å². The van der Waals surface area contributed by atoms with Crippen LogP contribution in [-0.2, 0) is 4.79 Å². The van der Waals surface area contributed by atoms with Gasteiger partial charge in [0.05, 0.1) is 6.61 Å². The molecule has 4 nitrogen and oxygen atoms in total. The Balaban J connectivity index is 1.92. The van der Waals surface area contributed by atoms with Crippen molar-refractivity contribution in [3.8, 4) is 0 Å². The number of nitrogens with zero attached hydrogens (tertiary/aromatic N) is 1. The second-order valence-corrected chi connectivity index (χ2v) is 4.86. The van der Waals surface area contributed by atoms with E-state index in [0.29, 0.717) is 12.6 Å². The van der Waals surface area contributed by atoms with Gasteiger partial charge in [0, 0.05) is 18.5 Å². The van der Waals surface area contributed by atoms with E-state index in [0.717, 1.165) is 38.8 Å². The molecule has 1 saturated heterocycles. The highest BCUT2D eigenvalue weighted by Gasteiger charge is 2.32. The summed E-state index contributed by atoms with van der Waals surface area (Å²) in [5, 5.41) is 12.3. The number of aliphatic hydroxyl groups excluding tert-OH is 1. The van der Waals surface area contributed by atoms with Crippen LogP contribution in [0.25, 0.3) is 0 Å². The average Bonchev–Trinajstić information content (AvgIpc) is 2.26. The summed E-state index contributed by atoms with van der Waals surface area (Å²) in [5.74, 6) is 0.466. The highest BCUT2D eigenvalue weighted by Crippen LogP contribution is 2.27. The summed E-state index contributed by atoms with van der Waals surface area (Å²) in [4.78, 5) is 14.2. The number of nitrogens with one attached hydrogen (secondary N) is 1. The number of hydrogen-bond donors (Lipinski definition) is 2. The maximum Gasteiger partial charge on any atom is 0.226 e. The molecular formula is C12H22N2O2. The summed E-state index contributed by atoms with van der Waals surface area (Å²) in [5.41, 5.74) is 0. The van der Waals surface area contributed by atoms with Crippen molar-refractivity contribution in [2.24, 2.45) is 5.92 Å². The first-order valence-electron chi connectivity index (χ1n) is 6.45. The van der Waals surface area contributed by atoms with Crippen molar-refractivity contribution in [3.63, 3.8) is 0 Å². The van der Waals surface area contributed by atoms with Crippen LogP contribution in [0.3, 0.4) is 0 Å². The maximum atomic E-state index is 12.3. The molecule has 2 N–H and O–H groups in total. The van der Waals surface area contributed by atoms with Crippen LogP contribution in [0.1, 0.15) is 32.1 Å². The van der Waals surface area contributed by atoms with Gasteiger partial charge in [0.15, 0.2) is 0 Å². The number of rotatable bonds is 4. The lowest BCUT2D eigenvalue weighted by molar-refractivity contribution is -0.141. The monoisotopic (exact) mass is 226 g/mol. The summed E-state index contributed by atoms with van der Waals surface area (Å²) in [6.07, 6.45) is 5.38.